The number of carbonyl (C=O) groups excluding carboxylic acids is 2. The number of nitrogens with zero attached hydrogens (tertiary/aromatic N) is 4. The van der Waals surface area contributed by atoms with Crippen LogP contribution >= 0.6 is 15.6 Å². The zero-order valence-corrected chi connectivity index (χ0v) is 32.8. The Balaban J connectivity index is 1.28. The summed E-state index contributed by atoms with van der Waals surface area (Å²) in [5.41, 5.74) is 6.92. The van der Waals surface area contributed by atoms with E-state index in [9.17, 15) is 43.5 Å². The number of rotatable bonds is 22. The zero-order chi connectivity index (χ0) is 42.5. The van der Waals surface area contributed by atoms with Crippen LogP contribution in [0.15, 0.2) is 63.7 Å². The van der Waals surface area contributed by atoms with E-state index in [1.54, 1.807) is 31.4 Å². The minimum Gasteiger partial charge on any atom is -0.506 e. The first kappa shape index (κ1) is 46.2. The van der Waals surface area contributed by atoms with E-state index >= 15 is 0 Å². The van der Waals surface area contributed by atoms with Gasteiger partial charge in [-0.2, -0.15) is 10.1 Å². The largest absolute Gasteiger partial charge is 0.506 e. The molecule has 0 aliphatic carbocycles. The number of aromatic hydroxyl groups is 1. The normalized spacial score (nSPS) is 18.4. The first-order chi connectivity index (χ1) is 27.4. The van der Waals surface area contributed by atoms with Gasteiger partial charge in [0.05, 0.1) is 32.1 Å². The van der Waals surface area contributed by atoms with Gasteiger partial charge in [-0.3, -0.25) is 23.2 Å². The van der Waals surface area contributed by atoms with Gasteiger partial charge in [-0.1, -0.05) is 6.07 Å². The van der Waals surface area contributed by atoms with Gasteiger partial charge in [0.1, 0.15) is 35.6 Å². The zero-order valence-electron chi connectivity index (χ0n) is 31.0. The van der Waals surface area contributed by atoms with Gasteiger partial charge in [-0.15, -0.1) is 5.11 Å². The molecule has 10 N–H and O–H groups in total. The number of phenolic OH excluding ortho intramolecular Hbond substituents is 1. The number of aromatic nitrogens is 2. The van der Waals surface area contributed by atoms with E-state index in [1.165, 1.54) is 24.4 Å². The number of phenols is 1. The Labute approximate surface area is 330 Å². The first-order valence-electron chi connectivity index (χ1n) is 17.5. The average Bonchev–Trinajstić information content (AvgIpc) is 3.45. The fraction of sp³-hybridized carbons (Fsp3) is 0.455. The van der Waals surface area contributed by atoms with Crippen LogP contribution in [0.3, 0.4) is 0 Å². The molecule has 1 fully saturated rings. The van der Waals surface area contributed by atoms with Crippen LogP contribution in [0.2, 0.25) is 0 Å². The highest BCUT2D eigenvalue weighted by Gasteiger charge is 2.49. The monoisotopic (exact) mass is 857 g/mol. The number of benzene rings is 2. The lowest BCUT2D eigenvalue weighted by Gasteiger charge is -2.21. The van der Waals surface area contributed by atoms with Gasteiger partial charge < -0.3 is 60.4 Å². The number of carbonyl (C=O) groups is 2. The average molecular weight is 858 g/mol. The summed E-state index contributed by atoms with van der Waals surface area (Å²) in [4.78, 5) is 77.9. The lowest BCUT2D eigenvalue weighted by Crippen LogP contribution is -2.38. The van der Waals surface area contributed by atoms with Crippen LogP contribution in [0.5, 0.6) is 5.75 Å². The molecule has 0 saturated carbocycles. The molecule has 1 saturated heterocycles. The summed E-state index contributed by atoms with van der Waals surface area (Å²) >= 11 is 0. The van der Waals surface area contributed by atoms with Gasteiger partial charge >= 0.3 is 21.3 Å². The standard InChI is InChI=1S/C33H45N7O16P2/c1-52-15-16-53-14-11-27(42)35-13-10-20-4-9-25(41)24(17-20)39-38-23-7-5-21(6-8-23)31(44)36-12-2-3-22-18-40(33(45)37-30(22)34)32-28(43)29(56-58(49,50)51)26(55-32)19-54-57(46,47)48/h4-9,17-18,26,28-29,32,41,43H,2-3,10-16,19H2,1H3,(H,35,42)(H,36,44)(H2,34,37,45)(H2,46,47,48)(H2,49,50,51)/t26-,28?,29?,32-/m1/s1. The van der Waals surface area contributed by atoms with Crippen LogP contribution in [0.1, 0.15) is 40.6 Å². The fourth-order valence-electron chi connectivity index (χ4n) is 5.46. The molecule has 2 aromatic carbocycles. The third-order valence-corrected chi connectivity index (χ3v) is 9.31. The number of amides is 2. The SMILES string of the molecule is COCCOCCC(=O)NCCc1ccc(O)c(N=Nc2ccc(C(=O)NCCCc3cn([C@@H]4O[C@H](COP(=O)(O)O)C(OP(=O)(O)O)C4O)c(=O)nc3N)cc2)c1. The third kappa shape index (κ3) is 14.7. The van der Waals surface area contributed by atoms with Crippen molar-refractivity contribution >= 4 is 44.7 Å². The summed E-state index contributed by atoms with van der Waals surface area (Å²) in [5.74, 6) is -0.838. The Morgan fingerprint density at radius 3 is 2.41 bits per heavy atom. The molecule has 25 heteroatoms. The Kier molecular flexibility index (Phi) is 17.1. The van der Waals surface area contributed by atoms with Crippen molar-refractivity contribution in [1.82, 2.24) is 20.2 Å². The number of anilines is 1. The summed E-state index contributed by atoms with van der Waals surface area (Å²) < 4.78 is 48.1. The van der Waals surface area contributed by atoms with Gasteiger partial charge in [-0.25, -0.2) is 13.9 Å². The molecule has 1 aliphatic rings. The van der Waals surface area contributed by atoms with Gasteiger partial charge in [0.15, 0.2) is 6.23 Å². The second-order valence-electron chi connectivity index (χ2n) is 12.6. The molecule has 2 heterocycles. The molecule has 1 aliphatic heterocycles. The maximum Gasteiger partial charge on any atom is 0.470 e. The molecule has 0 radical (unpaired) electrons. The molecule has 58 heavy (non-hydrogen) atoms. The topological polar surface area (TPSA) is 345 Å². The minimum absolute atomic E-state index is 0.0947. The van der Waals surface area contributed by atoms with E-state index in [1.807, 2.05) is 0 Å². The maximum absolute atomic E-state index is 12.8. The molecule has 4 atom stereocenters. The number of aliphatic hydroxyl groups excluding tert-OH is 1. The van der Waals surface area contributed by atoms with E-state index in [-0.39, 0.29) is 61.1 Å². The molecular weight excluding hydrogens is 812 g/mol. The fourth-order valence-corrected chi connectivity index (χ4v) is 6.38. The highest BCUT2D eigenvalue weighted by molar-refractivity contribution is 7.46. The van der Waals surface area contributed by atoms with Crippen LogP contribution in [-0.4, -0.2) is 116 Å². The smallest absolute Gasteiger partial charge is 0.470 e. The number of phosphoric ester groups is 2. The Morgan fingerprint density at radius 1 is 0.983 bits per heavy atom. The van der Waals surface area contributed by atoms with E-state index < -0.39 is 58.4 Å². The van der Waals surface area contributed by atoms with Crippen molar-refractivity contribution in [2.24, 2.45) is 10.2 Å². The number of ether oxygens (including phenoxy) is 3. The van der Waals surface area contributed by atoms with Crippen molar-refractivity contribution in [2.45, 2.75) is 50.2 Å². The number of nitrogens with one attached hydrogen (secondary N) is 2. The van der Waals surface area contributed by atoms with Gasteiger partial charge in [-0.05, 0) is 61.2 Å². The van der Waals surface area contributed by atoms with Gasteiger partial charge in [0.2, 0.25) is 5.91 Å². The summed E-state index contributed by atoms with van der Waals surface area (Å²) in [7, 11) is -8.76. The van der Waals surface area contributed by atoms with Crippen LogP contribution in [0, 0.1) is 0 Å². The van der Waals surface area contributed by atoms with Gasteiger partial charge in [0, 0.05) is 43.9 Å². The molecule has 4 rings (SSSR count). The van der Waals surface area contributed by atoms with Crippen molar-refractivity contribution in [2.75, 3.05) is 52.4 Å². The van der Waals surface area contributed by atoms with Crippen molar-refractivity contribution in [1.29, 1.82) is 0 Å². The molecule has 318 valence electrons. The molecule has 3 aromatic rings. The molecule has 23 nitrogen and oxygen atoms in total. The number of aryl methyl sites for hydroxylation is 1. The van der Waals surface area contributed by atoms with Crippen molar-refractivity contribution in [3.05, 3.63) is 75.8 Å². The number of aliphatic hydroxyl groups is 1. The number of phosphoric acid groups is 2. The number of nitrogens with two attached hydrogens (primary N) is 1. The van der Waals surface area contributed by atoms with Crippen LogP contribution < -0.4 is 22.1 Å². The van der Waals surface area contributed by atoms with E-state index in [0.717, 1.165) is 10.1 Å². The van der Waals surface area contributed by atoms with Crippen LogP contribution in [0.4, 0.5) is 17.2 Å². The summed E-state index contributed by atoms with van der Waals surface area (Å²) in [6.45, 7) is 0.700. The number of azo groups is 1. The Hall–Kier alpha value is -4.48. The molecule has 1 aromatic heterocycles. The lowest BCUT2D eigenvalue weighted by atomic mass is 10.1. The number of hydrogen-bond donors (Lipinski definition) is 9. The summed E-state index contributed by atoms with van der Waals surface area (Å²) in [5, 5.41) is 34.9. The predicted molar refractivity (Wildman–Crippen MR) is 201 cm³/mol. The predicted octanol–water partition coefficient (Wildman–Crippen LogP) is 0.866. The first-order valence-corrected chi connectivity index (χ1v) is 20.6. The number of hydrogen-bond acceptors (Lipinski definition) is 16. The van der Waals surface area contributed by atoms with Crippen LogP contribution in [-0.2, 0) is 50.0 Å². The maximum atomic E-state index is 12.8. The molecule has 0 spiro atoms. The van der Waals surface area contributed by atoms with Crippen molar-refractivity contribution in [3.63, 3.8) is 0 Å². The second kappa shape index (κ2) is 21.5. The van der Waals surface area contributed by atoms with Crippen molar-refractivity contribution in [3.8, 4) is 5.75 Å². The van der Waals surface area contributed by atoms with Crippen LogP contribution in [0.25, 0.3) is 0 Å². The molecule has 2 amide bonds. The quantitative estimate of drug-likeness (QED) is 0.0384. The Morgan fingerprint density at radius 2 is 1.72 bits per heavy atom. The Bertz CT molecular complexity index is 2040. The summed E-state index contributed by atoms with van der Waals surface area (Å²) in [6.07, 6.45) is -4.76. The van der Waals surface area contributed by atoms with Gasteiger partial charge in [0.25, 0.3) is 5.91 Å². The van der Waals surface area contributed by atoms with Crippen molar-refractivity contribution < 1.29 is 71.8 Å². The van der Waals surface area contributed by atoms with E-state index in [4.69, 9.17) is 29.7 Å². The second-order valence-corrected chi connectivity index (χ2v) is 15.1. The molecule has 2 unspecified atom stereocenters. The summed E-state index contributed by atoms with van der Waals surface area (Å²) in [6, 6.07) is 11.0. The van der Waals surface area contributed by atoms with E-state index in [0.29, 0.717) is 37.4 Å². The third-order valence-electron chi connectivity index (χ3n) is 8.30. The molecule has 0 bridgehead atoms. The highest BCUT2D eigenvalue weighted by Crippen LogP contribution is 2.45. The highest BCUT2D eigenvalue weighted by atomic mass is 31.2. The number of methoxy groups -OCH3 is 1. The minimum atomic E-state index is -5.26. The molecular formula is C33H45N7O16P2. The lowest BCUT2D eigenvalue weighted by molar-refractivity contribution is -0.122. The van der Waals surface area contributed by atoms with E-state index in [2.05, 4.69) is 34.9 Å². The number of nitrogen functional groups attached to an aromatic ring is 1.